The Morgan fingerprint density at radius 3 is 2.50 bits per heavy atom. The summed E-state index contributed by atoms with van der Waals surface area (Å²) < 4.78 is 5.02. The van der Waals surface area contributed by atoms with Crippen molar-refractivity contribution in [3.63, 3.8) is 0 Å². The van der Waals surface area contributed by atoms with Gasteiger partial charge < -0.3 is 4.74 Å². The largest absolute Gasteiger partial charge is 0.463 e. The topological polar surface area (TPSA) is 26.3 Å². The maximum atomic E-state index is 11.1. The number of ether oxygens (including phenoxy) is 1. The standard InChI is InChI=1S/C14H20O2/c15-14-12-10-8-6-4-2-1-3-5-7-9-11-13-16-14/h10,12H,1-5,7,9,11,13H2/b12-10-. The van der Waals surface area contributed by atoms with Gasteiger partial charge in [-0.05, 0) is 18.9 Å². The van der Waals surface area contributed by atoms with E-state index in [2.05, 4.69) is 11.8 Å². The van der Waals surface area contributed by atoms with Crippen molar-refractivity contribution in [3.8, 4) is 11.8 Å². The first-order valence-corrected chi connectivity index (χ1v) is 6.21. The van der Waals surface area contributed by atoms with Crippen molar-refractivity contribution in [3.05, 3.63) is 12.2 Å². The molecule has 1 heterocycles. The van der Waals surface area contributed by atoms with Gasteiger partial charge in [-0.1, -0.05) is 43.9 Å². The van der Waals surface area contributed by atoms with Crippen molar-refractivity contribution in [2.75, 3.05) is 6.61 Å². The Balaban J connectivity index is 2.33. The number of hydrogen-bond donors (Lipinski definition) is 0. The van der Waals surface area contributed by atoms with Crippen LogP contribution in [-0.4, -0.2) is 12.6 Å². The molecule has 0 aromatic carbocycles. The number of carbonyl (C=O) groups is 1. The van der Waals surface area contributed by atoms with Crippen LogP contribution in [0.25, 0.3) is 0 Å². The van der Waals surface area contributed by atoms with Crippen LogP contribution in [0.4, 0.5) is 0 Å². The highest BCUT2D eigenvalue weighted by molar-refractivity contribution is 5.82. The zero-order valence-corrected chi connectivity index (χ0v) is 9.84. The fourth-order valence-corrected chi connectivity index (χ4v) is 1.66. The number of carbonyl (C=O) groups excluding carboxylic acids is 1. The highest BCUT2D eigenvalue weighted by Gasteiger charge is 1.96. The molecule has 0 saturated carbocycles. The molecule has 1 aliphatic rings. The Kier molecular flexibility index (Phi) is 7.24. The summed E-state index contributed by atoms with van der Waals surface area (Å²) in [5.41, 5.74) is 0. The van der Waals surface area contributed by atoms with Crippen LogP contribution in [0.2, 0.25) is 0 Å². The molecule has 0 fully saturated rings. The highest BCUT2D eigenvalue weighted by atomic mass is 16.5. The lowest BCUT2D eigenvalue weighted by molar-refractivity contribution is -0.137. The zero-order valence-electron chi connectivity index (χ0n) is 9.84. The summed E-state index contributed by atoms with van der Waals surface area (Å²) in [6.45, 7) is 0.538. The van der Waals surface area contributed by atoms with Gasteiger partial charge in [0.2, 0.25) is 0 Å². The Labute approximate surface area is 98.1 Å². The van der Waals surface area contributed by atoms with Crippen LogP contribution in [0, 0.1) is 11.8 Å². The van der Waals surface area contributed by atoms with Crippen LogP contribution in [0.1, 0.15) is 51.4 Å². The Morgan fingerprint density at radius 1 is 1.00 bits per heavy atom. The van der Waals surface area contributed by atoms with Crippen LogP contribution in [0.5, 0.6) is 0 Å². The van der Waals surface area contributed by atoms with E-state index in [0.717, 1.165) is 19.3 Å². The van der Waals surface area contributed by atoms with Gasteiger partial charge in [0.15, 0.2) is 0 Å². The summed E-state index contributed by atoms with van der Waals surface area (Å²) >= 11 is 0. The van der Waals surface area contributed by atoms with Crippen LogP contribution >= 0.6 is 0 Å². The zero-order chi connectivity index (χ0) is 11.5. The number of cyclic esters (lactones) is 1. The first-order valence-electron chi connectivity index (χ1n) is 6.21. The first kappa shape index (κ1) is 12.8. The lowest BCUT2D eigenvalue weighted by Gasteiger charge is -2.02. The maximum Gasteiger partial charge on any atom is 0.331 e. The summed E-state index contributed by atoms with van der Waals surface area (Å²) in [5, 5.41) is 0. The minimum absolute atomic E-state index is 0.274. The van der Waals surface area contributed by atoms with Crippen LogP contribution < -0.4 is 0 Å². The molecule has 0 radical (unpaired) electrons. The molecule has 0 saturated heterocycles. The Morgan fingerprint density at radius 2 is 1.69 bits per heavy atom. The van der Waals surface area contributed by atoms with Crippen molar-refractivity contribution < 1.29 is 9.53 Å². The third-order valence-electron chi connectivity index (χ3n) is 2.60. The second-order valence-corrected chi connectivity index (χ2v) is 4.05. The summed E-state index contributed by atoms with van der Waals surface area (Å²) in [6, 6.07) is 0. The molecule has 0 atom stereocenters. The average molecular weight is 220 g/mol. The summed E-state index contributed by atoms with van der Waals surface area (Å²) in [4.78, 5) is 11.1. The van der Waals surface area contributed by atoms with E-state index >= 15 is 0 Å². The van der Waals surface area contributed by atoms with E-state index in [1.165, 1.54) is 38.2 Å². The molecular formula is C14H20O2. The fraction of sp³-hybridized carbons (Fsp3) is 0.643. The second-order valence-electron chi connectivity index (χ2n) is 4.05. The summed E-state index contributed by atoms with van der Waals surface area (Å²) in [5.74, 6) is 5.61. The second kappa shape index (κ2) is 9.03. The van der Waals surface area contributed by atoms with Gasteiger partial charge in [-0.3, -0.25) is 0 Å². The van der Waals surface area contributed by atoms with Crippen LogP contribution in [-0.2, 0) is 9.53 Å². The molecule has 0 bridgehead atoms. The number of allylic oxidation sites excluding steroid dienone is 1. The van der Waals surface area contributed by atoms with E-state index < -0.39 is 0 Å². The van der Waals surface area contributed by atoms with Crippen molar-refractivity contribution in [2.24, 2.45) is 0 Å². The predicted octanol–water partition coefficient (Wildman–Crippen LogP) is 3.22. The van der Waals surface area contributed by atoms with Gasteiger partial charge in [-0.15, -0.1) is 0 Å². The first-order chi connectivity index (χ1) is 7.89. The van der Waals surface area contributed by atoms with E-state index in [1.807, 2.05) is 0 Å². The lowest BCUT2D eigenvalue weighted by Crippen LogP contribution is -2.01. The molecule has 88 valence electrons. The van der Waals surface area contributed by atoms with E-state index in [9.17, 15) is 4.79 Å². The predicted molar refractivity (Wildman–Crippen MR) is 64.8 cm³/mol. The normalized spacial score (nSPS) is 21.9. The smallest absolute Gasteiger partial charge is 0.331 e. The molecule has 2 heteroatoms. The van der Waals surface area contributed by atoms with E-state index in [1.54, 1.807) is 6.08 Å². The van der Waals surface area contributed by atoms with Gasteiger partial charge >= 0.3 is 5.97 Å². The summed E-state index contributed by atoms with van der Waals surface area (Å²) in [6.07, 6.45) is 12.3. The Hall–Kier alpha value is -1.23. The minimum atomic E-state index is -0.274. The van der Waals surface area contributed by atoms with Gasteiger partial charge in [-0.2, -0.15) is 0 Å². The summed E-state index contributed by atoms with van der Waals surface area (Å²) in [7, 11) is 0. The van der Waals surface area contributed by atoms with Crippen molar-refractivity contribution in [2.45, 2.75) is 51.4 Å². The molecule has 0 aromatic heterocycles. The lowest BCUT2D eigenvalue weighted by atomic mass is 10.1. The van der Waals surface area contributed by atoms with Crippen molar-refractivity contribution >= 4 is 5.97 Å². The van der Waals surface area contributed by atoms with Crippen LogP contribution in [0.15, 0.2) is 12.2 Å². The third-order valence-corrected chi connectivity index (χ3v) is 2.60. The molecule has 1 aliphatic heterocycles. The quantitative estimate of drug-likeness (QED) is 0.463. The van der Waals surface area contributed by atoms with Gasteiger partial charge in [0.1, 0.15) is 0 Å². The molecule has 1 rings (SSSR count). The molecule has 0 unspecified atom stereocenters. The minimum Gasteiger partial charge on any atom is -0.463 e. The maximum absolute atomic E-state index is 11.1. The molecular weight excluding hydrogens is 200 g/mol. The van der Waals surface area contributed by atoms with Crippen molar-refractivity contribution in [1.29, 1.82) is 0 Å². The van der Waals surface area contributed by atoms with Gasteiger partial charge in [-0.25, -0.2) is 4.79 Å². The van der Waals surface area contributed by atoms with Gasteiger partial charge in [0.25, 0.3) is 0 Å². The van der Waals surface area contributed by atoms with Crippen molar-refractivity contribution in [1.82, 2.24) is 0 Å². The third kappa shape index (κ3) is 7.11. The van der Waals surface area contributed by atoms with E-state index in [-0.39, 0.29) is 5.97 Å². The highest BCUT2D eigenvalue weighted by Crippen LogP contribution is 2.08. The average Bonchev–Trinajstić information content (AvgIpc) is 2.29. The molecule has 16 heavy (non-hydrogen) atoms. The SMILES string of the molecule is O=C1/C=C\C#CCCCCCCCCCO1. The molecule has 0 spiro atoms. The fourth-order valence-electron chi connectivity index (χ4n) is 1.66. The molecule has 0 amide bonds. The molecule has 2 nitrogen and oxygen atoms in total. The van der Waals surface area contributed by atoms with Gasteiger partial charge in [0.05, 0.1) is 6.61 Å². The van der Waals surface area contributed by atoms with E-state index in [0.29, 0.717) is 6.61 Å². The number of rotatable bonds is 0. The number of hydrogen-bond acceptors (Lipinski definition) is 2. The number of esters is 1. The molecule has 0 aromatic rings. The van der Waals surface area contributed by atoms with Crippen LogP contribution in [0.3, 0.4) is 0 Å². The molecule has 0 aliphatic carbocycles. The van der Waals surface area contributed by atoms with E-state index in [4.69, 9.17) is 4.74 Å². The van der Waals surface area contributed by atoms with Gasteiger partial charge in [0, 0.05) is 12.5 Å². The molecule has 0 N–H and O–H groups in total. The Bertz CT molecular complexity index is 281. The monoisotopic (exact) mass is 220 g/mol.